The van der Waals surface area contributed by atoms with Crippen molar-refractivity contribution in [2.45, 2.75) is 70.8 Å². The Hall–Kier alpha value is -1.97. The summed E-state index contributed by atoms with van der Waals surface area (Å²) in [5.74, 6) is 0.379. The molecule has 0 amide bonds. The molecule has 0 saturated heterocycles. The third kappa shape index (κ3) is 6.51. The molecule has 0 aromatic heterocycles. The molecule has 0 heterocycles. The summed E-state index contributed by atoms with van der Waals surface area (Å²) in [5.41, 5.74) is 0. The number of benzene rings is 2. The summed E-state index contributed by atoms with van der Waals surface area (Å²) >= 11 is 0. The van der Waals surface area contributed by atoms with Crippen LogP contribution in [0.2, 0.25) is 5.04 Å². The largest absolute Gasteiger partial charge is 0.407 e. The van der Waals surface area contributed by atoms with Crippen molar-refractivity contribution in [1.82, 2.24) is 0 Å². The lowest BCUT2D eigenvalue weighted by Crippen LogP contribution is -2.66. The van der Waals surface area contributed by atoms with Crippen LogP contribution in [0.3, 0.4) is 0 Å². The zero-order valence-corrected chi connectivity index (χ0v) is 20.0. The standard InChI is InChI=1S/C27H38O2Si/c1-5-6-7-10-17-24(28)18-15-16-23-29-30(27(2,3)4,25-19-11-8-12-20-25)26-21-13-9-14-22-26/h5,8-9,11-14,19-22H,1,6-7,10,15-18,23H2,2-4H3. The van der Waals surface area contributed by atoms with E-state index in [0.29, 0.717) is 25.2 Å². The van der Waals surface area contributed by atoms with Gasteiger partial charge in [-0.1, -0.05) is 87.5 Å². The van der Waals surface area contributed by atoms with Crippen LogP contribution >= 0.6 is 0 Å². The minimum absolute atomic E-state index is 0.00330. The van der Waals surface area contributed by atoms with Crippen LogP contribution < -0.4 is 10.4 Å². The van der Waals surface area contributed by atoms with Gasteiger partial charge in [-0.3, -0.25) is 4.79 Å². The molecule has 0 spiro atoms. The molecule has 2 rings (SSSR count). The zero-order valence-electron chi connectivity index (χ0n) is 19.0. The van der Waals surface area contributed by atoms with E-state index in [-0.39, 0.29) is 5.04 Å². The van der Waals surface area contributed by atoms with Gasteiger partial charge < -0.3 is 4.43 Å². The second kappa shape index (κ2) is 12.0. The second-order valence-electron chi connectivity index (χ2n) is 9.04. The number of carbonyl (C=O) groups is 1. The minimum atomic E-state index is -2.45. The highest BCUT2D eigenvalue weighted by Crippen LogP contribution is 2.36. The van der Waals surface area contributed by atoms with Gasteiger partial charge in [0.15, 0.2) is 0 Å². The smallest absolute Gasteiger partial charge is 0.261 e. The number of allylic oxidation sites excluding steroid dienone is 1. The van der Waals surface area contributed by atoms with Crippen LogP contribution in [-0.2, 0) is 9.22 Å². The first kappa shape index (κ1) is 24.3. The van der Waals surface area contributed by atoms with Crippen molar-refractivity contribution < 1.29 is 9.22 Å². The van der Waals surface area contributed by atoms with E-state index in [1.54, 1.807) is 0 Å². The van der Waals surface area contributed by atoms with E-state index >= 15 is 0 Å². The Morgan fingerprint density at radius 3 is 1.83 bits per heavy atom. The molecule has 0 saturated carbocycles. The molecule has 162 valence electrons. The Morgan fingerprint density at radius 1 is 0.867 bits per heavy atom. The molecule has 0 N–H and O–H groups in total. The van der Waals surface area contributed by atoms with Crippen molar-refractivity contribution in [3.05, 3.63) is 73.3 Å². The number of Topliss-reactive ketones (excluding diaryl/α,β-unsaturated/α-hetero) is 1. The Labute approximate surface area is 184 Å². The van der Waals surface area contributed by atoms with Crippen molar-refractivity contribution >= 4 is 24.5 Å². The Kier molecular flexibility index (Phi) is 9.74. The fourth-order valence-corrected chi connectivity index (χ4v) is 8.75. The van der Waals surface area contributed by atoms with Crippen molar-refractivity contribution in [3.8, 4) is 0 Å². The predicted molar refractivity (Wildman–Crippen MR) is 131 cm³/mol. The highest BCUT2D eigenvalue weighted by molar-refractivity contribution is 6.99. The molecular formula is C27H38O2Si. The van der Waals surface area contributed by atoms with E-state index in [1.807, 2.05) is 6.08 Å². The maximum absolute atomic E-state index is 12.1. The monoisotopic (exact) mass is 422 g/mol. The Bertz CT molecular complexity index is 723. The number of hydrogen-bond acceptors (Lipinski definition) is 2. The van der Waals surface area contributed by atoms with Gasteiger partial charge >= 0.3 is 0 Å². The topological polar surface area (TPSA) is 26.3 Å². The third-order valence-corrected chi connectivity index (χ3v) is 10.7. The summed E-state index contributed by atoms with van der Waals surface area (Å²) in [4.78, 5) is 12.1. The van der Waals surface area contributed by atoms with Gasteiger partial charge in [-0.05, 0) is 47.5 Å². The van der Waals surface area contributed by atoms with Crippen molar-refractivity contribution in [1.29, 1.82) is 0 Å². The normalized spacial score (nSPS) is 12.0. The minimum Gasteiger partial charge on any atom is -0.407 e. The summed E-state index contributed by atoms with van der Waals surface area (Å²) in [7, 11) is -2.45. The number of ketones is 1. The number of hydrogen-bond donors (Lipinski definition) is 0. The summed E-state index contributed by atoms with van der Waals surface area (Å²) in [6, 6.07) is 21.5. The molecule has 2 aromatic rings. The van der Waals surface area contributed by atoms with E-state index in [1.165, 1.54) is 10.4 Å². The molecule has 0 aliphatic heterocycles. The maximum Gasteiger partial charge on any atom is 0.261 e. The molecule has 0 aliphatic carbocycles. The van der Waals surface area contributed by atoms with Crippen molar-refractivity contribution in [3.63, 3.8) is 0 Å². The fraction of sp³-hybridized carbons (Fsp3) is 0.444. The quantitative estimate of drug-likeness (QED) is 0.223. The van der Waals surface area contributed by atoms with Crippen LogP contribution in [0.5, 0.6) is 0 Å². The molecule has 0 unspecified atom stereocenters. The Morgan fingerprint density at radius 2 is 1.37 bits per heavy atom. The lowest BCUT2D eigenvalue weighted by atomic mass is 10.1. The van der Waals surface area contributed by atoms with Crippen LogP contribution in [0.15, 0.2) is 73.3 Å². The molecule has 0 aliphatic rings. The van der Waals surface area contributed by atoms with Gasteiger partial charge in [-0.15, -0.1) is 6.58 Å². The van der Waals surface area contributed by atoms with Crippen molar-refractivity contribution in [2.24, 2.45) is 0 Å². The second-order valence-corrected chi connectivity index (χ2v) is 13.3. The summed E-state index contributed by atoms with van der Waals surface area (Å²) in [6.45, 7) is 11.3. The highest BCUT2D eigenvalue weighted by Gasteiger charge is 2.49. The maximum atomic E-state index is 12.1. The molecule has 0 fully saturated rings. The van der Waals surface area contributed by atoms with Crippen molar-refractivity contribution in [2.75, 3.05) is 6.61 Å². The SMILES string of the molecule is C=CCCCCC(=O)CCCCO[Si](c1ccccc1)(c1ccccc1)C(C)(C)C. The van der Waals surface area contributed by atoms with E-state index in [0.717, 1.165) is 32.1 Å². The van der Waals surface area contributed by atoms with Crippen LogP contribution in [0.25, 0.3) is 0 Å². The zero-order chi connectivity index (χ0) is 21.9. The van der Waals surface area contributed by atoms with Crippen LogP contribution in [0.4, 0.5) is 0 Å². The van der Waals surface area contributed by atoms with Crippen LogP contribution in [-0.4, -0.2) is 20.7 Å². The molecule has 0 radical (unpaired) electrons. The molecule has 2 nitrogen and oxygen atoms in total. The third-order valence-electron chi connectivity index (χ3n) is 5.70. The highest BCUT2D eigenvalue weighted by atomic mass is 28.4. The first-order chi connectivity index (χ1) is 14.4. The number of unbranched alkanes of at least 4 members (excludes halogenated alkanes) is 3. The van der Waals surface area contributed by atoms with E-state index < -0.39 is 8.32 Å². The first-order valence-electron chi connectivity index (χ1n) is 11.3. The number of carbonyl (C=O) groups excluding carboxylic acids is 1. The van der Waals surface area contributed by atoms with E-state index in [9.17, 15) is 4.79 Å². The van der Waals surface area contributed by atoms with E-state index in [2.05, 4.69) is 88.0 Å². The van der Waals surface area contributed by atoms with Crippen LogP contribution in [0.1, 0.15) is 65.7 Å². The molecule has 0 bridgehead atoms. The Balaban J connectivity index is 2.05. The van der Waals surface area contributed by atoms with Gasteiger partial charge in [-0.2, -0.15) is 0 Å². The molecule has 3 heteroatoms. The molecule has 0 atom stereocenters. The van der Waals surface area contributed by atoms with E-state index in [4.69, 9.17) is 4.43 Å². The fourth-order valence-electron chi connectivity index (χ4n) is 4.15. The van der Waals surface area contributed by atoms with Gasteiger partial charge in [-0.25, -0.2) is 0 Å². The van der Waals surface area contributed by atoms with Crippen LogP contribution in [0, 0.1) is 0 Å². The molecular weight excluding hydrogens is 384 g/mol. The first-order valence-corrected chi connectivity index (χ1v) is 13.2. The van der Waals surface area contributed by atoms with Gasteiger partial charge in [0.1, 0.15) is 5.78 Å². The lowest BCUT2D eigenvalue weighted by molar-refractivity contribution is -0.119. The summed E-state index contributed by atoms with van der Waals surface area (Å²) < 4.78 is 6.88. The van der Waals surface area contributed by atoms with Gasteiger partial charge in [0, 0.05) is 19.4 Å². The van der Waals surface area contributed by atoms with Gasteiger partial charge in [0.2, 0.25) is 0 Å². The summed E-state index contributed by atoms with van der Waals surface area (Å²) in [6.07, 6.45) is 8.14. The van der Waals surface area contributed by atoms with Gasteiger partial charge in [0.25, 0.3) is 8.32 Å². The van der Waals surface area contributed by atoms with Gasteiger partial charge in [0.05, 0.1) is 0 Å². The molecule has 30 heavy (non-hydrogen) atoms. The number of rotatable bonds is 13. The summed E-state index contributed by atoms with van der Waals surface area (Å²) in [5, 5.41) is 2.61. The molecule has 2 aromatic carbocycles. The lowest BCUT2D eigenvalue weighted by Gasteiger charge is -2.43. The average molecular weight is 423 g/mol. The average Bonchev–Trinajstić information content (AvgIpc) is 2.74. The predicted octanol–water partition coefficient (Wildman–Crippen LogP) is 6.05.